The summed E-state index contributed by atoms with van der Waals surface area (Å²) in [4.78, 5) is 14.6. The van der Waals surface area contributed by atoms with E-state index in [0.29, 0.717) is 0 Å². The van der Waals surface area contributed by atoms with E-state index in [1.165, 1.54) is 24.8 Å². The van der Waals surface area contributed by atoms with Crippen molar-refractivity contribution in [2.45, 2.75) is 58.1 Å². The molecular formula is C19H30N2O2. The minimum absolute atomic E-state index is 0.0744. The van der Waals surface area contributed by atoms with Gasteiger partial charge in [-0.1, -0.05) is 36.8 Å². The van der Waals surface area contributed by atoms with E-state index in [4.69, 9.17) is 4.74 Å². The molecule has 2 rings (SSSR count). The highest BCUT2D eigenvalue weighted by atomic mass is 16.6. The Morgan fingerprint density at radius 3 is 2.43 bits per heavy atom. The number of likely N-dealkylation sites (tertiary alicyclic amines) is 1. The van der Waals surface area contributed by atoms with E-state index < -0.39 is 5.60 Å². The number of piperidine rings is 1. The molecule has 1 aromatic rings. The molecule has 4 heteroatoms. The van der Waals surface area contributed by atoms with Gasteiger partial charge in [-0.3, -0.25) is 0 Å². The first kappa shape index (κ1) is 17.8. The van der Waals surface area contributed by atoms with E-state index in [2.05, 4.69) is 22.3 Å². The molecule has 0 saturated carbocycles. The third kappa shape index (κ3) is 7.04. The van der Waals surface area contributed by atoms with Crippen LogP contribution in [0.2, 0.25) is 0 Å². The van der Waals surface area contributed by atoms with Crippen molar-refractivity contribution in [3.05, 3.63) is 35.9 Å². The van der Waals surface area contributed by atoms with E-state index in [0.717, 1.165) is 26.1 Å². The Morgan fingerprint density at radius 2 is 1.83 bits per heavy atom. The van der Waals surface area contributed by atoms with Crippen LogP contribution in [0.1, 0.15) is 45.6 Å². The number of alkyl carbamates (subject to hydrolysis) is 1. The van der Waals surface area contributed by atoms with Gasteiger partial charge in [-0.25, -0.2) is 4.79 Å². The van der Waals surface area contributed by atoms with E-state index in [1.54, 1.807) is 0 Å². The highest BCUT2D eigenvalue weighted by Gasteiger charge is 2.22. The van der Waals surface area contributed by atoms with Crippen LogP contribution in [0.3, 0.4) is 0 Å². The lowest BCUT2D eigenvalue weighted by Crippen LogP contribution is -2.47. The van der Waals surface area contributed by atoms with Crippen molar-refractivity contribution >= 4 is 6.09 Å². The molecule has 1 atom stereocenters. The lowest BCUT2D eigenvalue weighted by Gasteiger charge is -2.31. The Morgan fingerprint density at radius 1 is 1.17 bits per heavy atom. The summed E-state index contributed by atoms with van der Waals surface area (Å²) in [6, 6.07) is 10.4. The minimum Gasteiger partial charge on any atom is -0.444 e. The second-order valence-electron chi connectivity index (χ2n) is 7.39. The van der Waals surface area contributed by atoms with Crippen molar-refractivity contribution in [3.8, 4) is 0 Å². The maximum Gasteiger partial charge on any atom is 0.407 e. The third-order valence-corrected chi connectivity index (χ3v) is 3.97. The van der Waals surface area contributed by atoms with Crippen LogP contribution in [0.5, 0.6) is 0 Å². The monoisotopic (exact) mass is 318 g/mol. The first-order valence-corrected chi connectivity index (χ1v) is 8.68. The maximum atomic E-state index is 12.1. The molecule has 1 aromatic carbocycles. The number of nitrogens with one attached hydrogen (secondary N) is 1. The van der Waals surface area contributed by atoms with Crippen LogP contribution in [-0.4, -0.2) is 42.3 Å². The number of hydrogen-bond donors (Lipinski definition) is 1. The Bertz CT molecular complexity index is 476. The second-order valence-corrected chi connectivity index (χ2v) is 7.39. The fourth-order valence-electron chi connectivity index (χ4n) is 2.99. The average Bonchev–Trinajstić information content (AvgIpc) is 2.47. The summed E-state index contributed by atoms with van der Waals surface area (Å²) in [5.41, 5.74) is 0.775. The zero-order valence-electron chi connectivity index (χ0n) is 14.7. The molecule has 1 fully saturated rings. The summed E-state index contributed by atoms with van der Waals surface area (Å²) < 4.78 is 5.43. The van der Waals surface area contributed by atoms with Gasteiger partial charge in [0.2, 0.25) is 0 Å². The Labute approximate surface area is 140 Å². The summed E-state index contributed by atoms with van der Waals surface area (Å²) in [7, 11) is 0. The maximum absolute atomic E-state index is 12.1. The summed E-state index contributed by atoms with van der Waals surface area (Å²) >= 11 is 0. The van der Waals surface area contributed by atoms with Crippen molar-refractivity contribution in [1.82, 2.24) is 10.2 Å². The van der Waals surface area contributed by atoms with Gasteiger partial charge in [0.15, 0.2) is 0 Å². The second kappa shape index (κ2) is 8.34. The predicted molar refractivity (Wildman–Crippen MR) is 93.6 cm³/mol. The molecule has 0 radical (unpaired) electrons. The summed E-state index contributed by atoms with van der Waals surface area (Å²) in [6.45, 7) is 8.81. The number of benzene rings is 1. The smallest absolute Gasteiger partial charge is 0.407 e. The number of carbonyl (C=O) groups excluding carboxylic acids is 1. The molecular weight excluding hydrogens is 288 g/mol. The van der Waals surface area contributed by atoms with Crippen LogP contribution in [0.25, 0.3) is 0 Å². The molecule has 0 bridgehead atoms. The van der Waals surface area contributed by atoms with Gasteiger partial charge in [0.05, 0.1) is 0 Å². The van der Waals surface area contributed by atoms with Gasteiger partial charge in [-0.05, 0) is 58.7 Å². The molecule has 1 aliphatic rings. The zero-order valence-corrected chi connectivity index (χ0v) is 14.7. The number of hydrogen-bond acceptors (Lipinski definition) is 3. The fourth-order valence-corrected chi connectivity index (χ4v) is 2.99. The first-order valence-electron chi connectivity index (χ1n) is 8.68. The highest BCUT2D eigenvalue weighted by molar-refractivity contribution is 5.68. The SMILES string of the molecule is CC(C)(C)OC(=O)NC(Cc1ccccc1)CN1CCCCC1. The van der Waals surface area contributed by atoms with Gasteiger partial charge in [-0.2, -0.15) is 0 Å². The number of carbonyl (C=O) groups is 1. The fraction of sp³-hybridized carbons (Fsp3) is 0.632. The normalized spacial score (nSPS) is 17.5. The molecule has 1 amide bonds. The van der Waals surface area contributed by atoms with E-state index in [9.17, 15) is 4.79 Å². The number of amides is 1. The molecule has 1 heterocycles. The van der Waals surface area contributed by atoms with Gasteiger partial charge in [0, 0.05) is 12.6 Å². The zero-order chi connectivity index (χ0) is 16.7. The van der Waals surface area contributed by atoms with Gasteiger partial charge in [0.1, 0.15) is 5.60 Å². The van der Waals surface area contributed by atoms with Crippen molar-refractivity contribution in [2.24, 2.45) is 0 Å². The largest absolute Gasteiger partial charge is 0.444 e. The van der Waals surface area contributed by atoms with Crippen LogP contribution in [0.15, 0.2) is 30.3 Å². The molecule has 0 aromatic heterocycles. The van der Waals surface area contributed by atoms with Crippen LogP contribution in [0.4, 0.5) is 4.79 Å². The molecule has 23 heavy (non-hydrogen) atoms. The Kier molecular flexibility index (Phi) is 6.46. The predicted octanol–water partition coefficient (Wildman–Crippen LogP) is 3.61. The van der Waals surface area contributed by atoms with Crippen molar-refractivity contribution in [2.75, 3.05) is 19.6 Å². The highest BCUT2D eigenvalue weighted by Crippen LogP contribution is 2.12. The topological polar surface area (TPSA) is 41.6 Å². The number of ether oxygens (including phenoxy) is 1. The first-order chi connectivity index (χ1) is 10.9. The van der Waals surface area contributed by atoms with Gasteiger partial charge >= 0.3 is 6.09 Å². The van der Waals surface area contributed by atoms with Crippen molar-refractivity contribution < 1.29 is 9.53 Å². The van der Waals surface area contributed by atoms with Crippen LogP contribution in [0, 0.1) is 0 Å². The van der Waals surface area contributed by atoms with E-state index in [1.807, 2.05) is 39.0 Å². The Balaban J connectivity index is 1.96. The summed E-state index contributed by atoms with van der Waals surface area (Å²) in [6.07, 6.45) is 4.33. The Hall–Kier alpha value is -1.55. The third-order valence-electron chi connectivity index (χ3n) is 3.97. The average molecular weight is 318 g/mol. The van der Waals surface area contributed by atoms with Crippen LogP contribution in [-0.2, 0) is 11.2 Å². The minimum atomic E-state index is -0.466. The molecule has 1 N–H and O–H groups in total. The molecule has 1 unspecified atom stereocenters. The number of nitrogens with zero attached hydrogens (tertiary/aromatic N) is 1. The van der Waals surface area contributed by atoms with Crippen LogP contribution < -0.4 is 5.32 Å². The summed E-state index contributed by atoms with van der Waals surface area (Å²) in [5.74, 6) is 0. The lowest BCUT2D eigenvalue weighted by atomic mass is 10.0. The van der Waals surface area contributed by atoms with Crippen molar-refractivity contribution in [1.29, 1.82) is 0 Å². The molecule has 1 saturated heterocycles. The van der Waals surface area contributed by atoms with E-state index >= 15 is 0 Å². The quantitative estimate of drug-likeness (QED) is 0.902. The standard InChI is InChI=1S/C19H30N2O2/c1-19(2,3)23-18(22)20-17(14-16-10-6-4-7-11-16)15-21-12-8-5-9-13-21/h4,6-7,10-11,17H,5,8-9,12-15H2,1-3H3,(H,20,22). The van der Waals surface area contributed by atoms with Gasteiger partial charge in [-0.15, -0.1) is 0 Å². The molecule has 1 aliphatic heterocycles. The van der Waals surface area contributed by atoms with Crippen molar-refractivity contribution in [3.63, 3.8) is 0 Å². The van der Waals surface area contributed by atoms with Gasteiger partial charge in [0.25, 0.3) is 0 Å². The van der Waals surface area contributed by atoms with Crippen LogP contribution >= 0.6 is 0 Å². The molecule has 4 nitrogen and oxygen atoms in total. The summed E-state index contributed by atoms with van der Waals surface area (Å²) in [5, 5.41) is 3.07. The lowest BCUT2D eigenvalue weighted by molar-refractivity contribution is 0.0488. The molecule has 0 aliphatic carbocycles. The van der Waals surface area contributed by atoms with E-state index in [-0.39, 0.29) is 12.1 Å². The van der Waals surface area contributed by atoms with Gasteiger partial charge < -0.3 is 15.0 Å². The molecule has 0 spiro atoms. The number of rotatable bonds is 5. The molecule has 128 valence electrons.